The molecule has 122 valence electrons. The van der Waals surface area contributed by atoms with Gasteiger partial charge in [0, 0.05) is 12.6 Å². The summed E-state index contributed by atoms with van der Waals surface area (Å²) >= 11 is 5.95. The molecule has 1 saturated heterocycles. The Labute approximate surface area is 135 Å². The molecule has 1 aromatic carbocycles. The van der Waals surface area contributed by atoms with Crippen LogP contribution in [-0.2, 0) is 14.8 Å². The molecule has 0 spiro atoms. The summed E-state index contributed by atoms with van der Waals surface area (Å²) in [6.45, 7) is 1.24. The van der Waals surface area contributed by atoms with Crippen molar-refractivity contribution in [2.75, 3.05) is 20.2 Å². The molecule has 0 radical (unpaired) electrons. The van der Waals surface area contributed by atoms with Crippen LogP contribution in [0.3, 0.4) is 0 Å². The molecule has 22 heavy (non-hydrogen) atoms. The number of carbonyl (C=O) groups excluding carboxylic acids is 1. The Morgan fingerprint density at radius 2 is 2.23 bits per heavy atom. The topological polar surface area (TPSA) is 84.5 Å². The zero-order chi connectivity index (χ0) is 16.2. The monoisotopic (exact) mass is 346 g/mol. The average Bonchev–Trinajstić information content (AvgIpc) is 2.53. The van der Waals surface area contributed by atoms with Crippen LogP contribution in [0.15, 0.2) is 23.1 Å². The van der Waals surface area contributed by atoms with E-state index in [1.54, 1.807) is 0 Å². The minimum absolute atomic E-state index is 0.0287. The lowest BCUT2D eigenvalue weighted by molar-refractivity contribution is 0.0601. The number of benzene rings is 1. The number of halogens is 1. The molecule has 1 unspecified atom stereocenters. The van der Waals surface area contributed by atoms with E-state index in [-0.39, 0.29) is 21.5 Å². The van der Waals surface area contributed by atoms with Crippen LogP contribution >= 0.6 is 11.6 Å². The van der Waals surface area contributed by atoms with Crippen LogP contribution in [0.4, 0.5) is 0 Å². The van der Waals surface area contributed by atoms with E-state index < -0.39 is 16.0 Å². The third kappa shape index (κ3) is 4.19. The molecule has 0 bridgehead atoms. The predicted octanol–water partition coefficient (Wildman–Crippen LogP) is 1.55. The van der Waals surface area contributed by atoms with Crippen molar-refractivity contribution in [1.82, 2.24) is 10.0 Å². The second-order valence-corrected chi connectivity index (χ2v) is 7.31. The minimum Gasteiger partial charge on any atom is -0.465 e. The van der Waals surface area contributed by atoms with E-state index in [4.69, 9.17) is 11.6 Å². The molecule has 1 heterocycles. The van der Waals surface area contributed by atoms with Crippen LogP contribution < -0.4 is 10.0 Å². The molecule has 1 aliphatic rings. The van der Waals surface area contributed by atoms with Gasteiger partial charge in [0.25, 0.3) is 0 Å². The number of hydrogen-bond acceptors (Lipinski definition) is 5. The Kier molecular flexibility index (Phi) is 5.80. The molecular formula is C14H19ClN2O4S. The molecular weight excluding hydrogens is 328 g/mol. The second kappa shape index (κ2) is 7.41. The van der Waals surface area contributed by atoms with Crippen molar-refractivity contribution in [3.05, 3.63) is 28.8 Å². The number of sulfonamides is 1. The van der Waals surface area contributed by atoms with E-state index in [9.17, 15) is 13.2 Å². The van der Waals surface area contributed by atoms with Gasteiger partial charge in [-0.05, 0) is 37.6 Å². The number of carbonyl (C=O) groups is 1. The van der Waals surface area contributed by atoms with Gasteiger partial charge in [0.1, 0.15) is 0 Å². The van der Waals surface area contributed by atoms with E-state index in [0.29, 0.717) is 6.54 Å². The first-order valence-corrected chi connectivity index (χ1v) is 8.91. The first-order valence-electron chi connectivity index (χ1n) is 7.05. The average molecular weight is 347 g/mol. The van der Waals surface area contributed by atoms with E-state index in [2.05, 4.69) is 14.8 Å². The Morgan fingerprint density at radius 1 is 1.45 bits per heavy atom. The molecule has 6 nitrogen and oxygen atoms in total. The van der Waals surface area contributed by atoms with Gasteiger partial charge in [-0.25, -0.2) is 17.9 Å². The van der Waals surface area contributed by atoms with Crippen molar-refractivity contribution in [2.45, 2.75) is 30.2 Å². The van der Waals surface area contributed by atoms with Gasteiger partial charge in [0.15, 0.2) is 0 Å². The lowest BCUT2D eigenvalue weighted by atomic mass is 10.1. The van der Waals surface area contributed by atoms with Gasteiger partial charge >= 0.3 is 5.97 Å². The summed E-state index contributed by atoms with van der Waals surface area (Å²) in [6, 6.07) is 4.09. The number of nitrogens with one attached hydrogen (secondary N) is 2. The molecule has 0 aromatic heterocycles. The van der Waals surface area contributed by atoms with Gasteiger partial charge < -0.3 is 10.1 Å². The summed E-state index contributed by atoms with van der Waals surface area (Å²) < 4.78 is 31.7. The van der Waals surface area contributed by atoms with E-state index in [1.165, 1.54) is 25.3 Å². The predicted molar refractivity (Wildman–Crippen MR) is 83.6 cm³/mol. The quantitative estimate of drug-likeness (QED) is 0.790. The maximum absolute atomic E-state index is 12.3. The minimum atomic E-state index is -3.66. The SMILES string of the molecule is COC(=O)c1ccc(S(=O)(=O)NCC2CCCCN2)cc1Cl. The fourth-order valence-electron chi connectivity index (χ4n) is 2.33. The van der Waals surface area contributed by atoms with Crippen molar-refractivity contribution >= 4 is 27.6 Å². The highest BCUT2D eigenvalue weighted by atomic mass is 35.5. The lowest BCUT2D eigenvalue weighted by Gasteiger charge is -2.23. The van der Waals surface area contributed by atoms with Gasteiger partial charge in [-0.2, -0.15) is 0 Å². The highest BCUT2D eigenvalue weighted by molar-refractivity contribution is 7.89. The summed E-state index contributed by atoms with van der Waals surface area (Å²) in [6.07, 6.45) is 3.16. The molecule has 1 atom stereocenters. The summed E-state index contributed by atoms with van der Waals surface area (Å²) in [5, 5.41) is 3.32. The zero-order valence-electron chi connectivity index (χ0n) is 12.3. The van der Waals surface area contributed by atoms with Crippen molar-refractivity contribution in [1.29, 1.82) is 0 Å². The summed E-state index contributed by atoms with van der Waals surface area (Å²) in [7, 11) is -2.42. The normalized spacial score (nSPS) is 18.9. The van der Waals surface area contributed by atoms with Gasteiger partial charge in [0.2, 0.25) is 10.0 Å². The molecule has 2 N–H and O–H groups in total. The number of methoxy groups -OCH3 is 1. The largest absolute Gasteiger partial charge is 0.465 e. The van der Waals surface area contributed by atoms with Crippen molar-refractivity contribution in [3.63, 3.8) is 0 Å². The summed E-state index contributed by atoms with van der Waals surface area (Å²) in [5.41, 5.74) is 0.136. The number of ether oxygens (including phenoxy) is 1. The number of rotatable bonds is 5. The Bertz CT molecular complexity index is 642. The zero-order valence-corrected chi connectivity index (χ0v) is 13.8. The van der Waals surface area contributed by atoms with Crippen molar-refractivity contribution < 1.29 is 17.9 Å². The highest BCUT2D eigenvalue weighted by Crippen LogP contribution is 2.21. The first kappa shape index (κ1) is 17.2. The highest BCUT2D eigenvalue weighted by Gasteiger charge is 2.20. The standard InChI is InChI=1S/C14H19ClN2O4S/c1-21-14(18)12-6-5-11(8-13(12)15)22(19,20)17-9-10-4-2-3-7-16-10/h5-6,8,10,16-17H,2-4,7,9H2,1H3. The van der Waals surface area contributed by atoms with Gasteiger partial charge in [-0.1, -0.05) is 18.0 Å². The molecule has 1 aromatic rings. The fourth-order valence-corrected chi connectivity index (χ4v) is 3.76. The van der Waals surface area contributed by atoms with E-state index in [1.807, 2.05) is 0 Å². The third-order valence-electron chi connectivity index (χ3n) is 3.59. The van der Waals surface area contributed by atoms with Crippen molar-refractivity contribution in [2.24, 2.45) is 0 Å². The van der Waals surface area contributed by atoms with Crippen LogP contribution in [0, 0.1) is 0 Å². The second-order valence-electron chi connectivity index (χ2n) is 5.13. The van der Waals surface area contributed by atoms with Crippen LogP contribution in [-0.4, -0.2) is 40.6 Å². The molecule has 8 heteroatoms. The number of esters is 1. The molecule has 0 aliphatic carbocycles. The maximum Gasteiger partial charge on any atom is 0.339 e. The number of hydrogen-bond donors (Lipinski definition) is 2. The van der Waals surface area contributed by atoms with Gasteiger partial charge in [-0.3, -0.25) is 0 Å². The summed E-state index contributed by atoms with van der Waals surface area (Å²) in [5.74, 6) is -0.603. The van der Waals surface area contributed by atoms with Crippen LogP contribution in [0.2, 0.25) is 5.02 Å². The van der Waals surface area contributed by atoms with E-state index >= 15 is 0 Å². The molecule has 0 saturated carbocycles. The fraction of sp³-hybridized carbons (Fsp3) is 0.500. The molecule has 1 aliphatic heterocycles. The van der Waals surface area contributed by atoms with Gasteiger partial charge in [0.05, 0.1) is 22.6 Å². The Hall–Kier alpha value is -1.15. The molecule has 2 rings (SSSR count). The Balaban J connectivity index is 2.08. The number of piperidine rings is 1. The van der Waals surface area contributed by atoms with Crippen LogP contribution in [0.25, 0.3) is 0 Å². The van der Waals surface area contributed by atoms with Crippen molar-refractivity contribution in [3.8, 4) is 0 Å². The Morgan fingerprint density at radius 3 is 2.82 bits per heavy atom. The van der Waals surface area contributed by atoms with Crippen LogP contribution in [0.5, 0.6) is 0 Å². The smallest absolute Gasteiger partial charge is 0.339 e. The van der Waals surface area contributed by atoms with Gasteiger partial charge in [-0.15, -0.1) is 0 Å². The third-order valence-corrected chi connectivity index (χ3v) is 5.32. The van der Waals surface area contributed by atoms with E-state index in [0.717, 1.165) is 25.8 Å². The lowest BCUT2D eigenvalue weighted by Crippen LogP contribution is -2.43. The molecule has 1 fully saturated rings. The van der Waals surface area contributed by atoms with Crippen LogP contribution in [0.1, 0.15) is 29.6 Å². The summed E-state index contributed by atoms with van der Waals surface area (Å²) in [4.78, 5) is 11.5. The maximum atomic E-state index is 12.3. The first-order chi connectivity index (χ1) is 10.4. The molecule has 0 amide bonds.